The minimum Gasteiger partial charge on any atom is -0.506 e. The summed E-state index contributed by atoms with van der Waals surface area (Å²) in [5.41, 5.74) is 2.48. The topological polar surface area (TPSA) is 93.4 Å². The summed E-state index contributed by atoms with van der Waals surface area (Å²) >= 11 is 0. The van der Waals surface area contributed by atoms with E-state index in [-0.39, 0.29) is 18.0 Å². The number of aromatic nitrogens is 2. The van der Waals surface area contributed by atoms with Gasteiger partial charge in [0.25, 0.3) is 11.5 Å². The second-order valence-electron chi connectivity index (χ2n) is 8.00. The van der Waals surface area contributed by atoms with Crippen molar-refractivity contribution in [3.8, 4) is 11.6 Å². The summed E-state index contributed by atoms with van der Waals surface area (Å²) in [5.74, 6) is -1.38. The molecule has 1 atom stereocenters. The molecule has 1 aliphatic heterocycles. The van der Waals surface area contributed by atoms with Crippen molar-refractivity contribution in [3.05, 3.63) is 62.3 Å². The van der Waals surface area contributed by atoms with Gasteiger partial charge in [-0.3, -0.25) is 9.59 Å². The number of nitrogens with one attached hydrogen (secondary N) is 1. The van der Waals surface area contributed by atoms with Gasteiger partial charge in [-0.15, -0.1) is 0 Å². The fraction of sp³-hybridized carbons (Fsp3) is 0.348. The van der Waals surface area contributed by atoms with Gasteiger partial charge in [-0.1, -0.05) is 0 Å². The van der Waals surface area contributed by atoms with Gasteiger partial charge >= 0.3 is 0 Å². The van der Waals surface area contributed by atoms with Crippen molar-refractivity contribution in [2.75, 3.05) is 7.11 Å². The zero-order valence-electron chi connectivity index (χ0n) is 17.9. The molecule has 0 fully saturated rings. The van der Waals surface area contributed by atoms with Crippen molar-refractivity contribution >= 4 is 16.8 Å². The van der Waals surface area contributed by atoms with Crippen molar-refractivity contribution in [2.45, 2.75) is 46.2 Å². The van der Waals surface area contributed by atoms with Crippen LogP contribution in [0.3, 0.4) is 0 Å². The third-order valence-electron chi connectivity index (χ3n) is 5.87. The fourth-order valence-corrected chi connectivity index (χ4v) is 4.36. The van der Waals surface area contributed by atoms with Crippen LogP contribution in [-0.4, -0.2) is 27.7 Å². The van der Waals surface area contributed by atoms with Gasteiger partial charge in [0.2, 0.25) is 5.88 Å². The number of carbonyl (C=O) groups excluding carboxylic acids is 1. The molecule has 162 valence electrons. The highest BCUT2D eigenvalue weighted by Gasteiger charge is 2.28. The lowest BCUT2D eigenvalue weighted by Crippen LogP contribution is -2.36. The molecule has 0 saturated heterocycles. The number of hydrogen-bond donors (Lipinski definition) is 2. The van der Waals surface area contributed by atoms with E-state index >= 15 is 0 Å². The summed E-state index contributed by atoms with van der Waals surface area (Å²) < 4.78 is 21.0. The van der Waals surface area contributed by atoms with Crippen LogP contribution in [0, 0.1) is 19.7 Å². The predicted octanol–water partition coefficient (Wildman–Crippen LogP) is 3.30. The summed E-state index contributed by atoms with van der Waals surface area (Å²) in [4.78, 5) is 30.5. The Morgan fingerprint density at radius 1 is 1.35 bits per heavy atom. The van der Waals surface area contributed by atoms with Crippen LogP contribution < -0.4 is 15.6 Å². The smallest absolute Gasteiger partial charge is 0.267 e. The molecular weight excluding hydrogens is 401 g/mol. The highest BCUT2D eigenvalue weighted by atomic mass is 19.1. The Bertz CT molecular complexity index is 1280. The average molecular weight is 425 g/mol. The van der Waals surface area contributed by atoms with E-state index in [1.54, 1.807) is 0 Å². The minimum absolute atomic E-state index is 0.0575. The lowest BCUT2D eigenvalue weighted by molar-refractivity contribution is 0.0945. The third-order valence-corrected chi connectivity index (χ3v) is 5.87. The largest absolute Gasteiger partial charge is 0.506 e. The number of aryl methyl sites for hydroxylation is 3. The Balaban J connectivity index is 1.79. The number of ether oxygens (including phenoxy) is 1. The summed E-state index contributed by atoms with van der Waals surface area (Å²) in [6.07, 6.45) is 1.24. The molecule has 2 N–H and O–H groups in total. The Kier molecular flexibility index (Phi) is 5.16. The van der Waals surface area contributed by atoms with Crippen molar-refractivity contribution in [2.24, 2.45) is 0 Å². The first-order valence-electron chi connectivity index (χ1n) is 10.1. The Morgan fingerprint density at radius 2 is 2.10 bits per heavy atom. The van der Waals surface area contributed by atoms with Gasteiger partial charge in [0.1, 0.15) is 17.1 Å². The maximum atomic E-state index is 14.2. The van der Waals surface area contributed by atoms with E-state index in [4.69, 9.17) is 4.74 Å². The van der Waals surface area contributed by atoms with Crippen molar-refractivity contribution < 1.29 is 19.0 Å². The lowest BCUT2D eigenvalue weighted by Gasteiger charge is -2.26. The fourth-order valence-electron chi connectivity index (χ4n) is 4.36. The van der Waals surface area contributed by atoms with E-state index < -0.39 is 28.6 Å². The molecule has 2 aromatic heterocycles. The molecule has 1 aromatic carbocycles. The number of amides is 1. The monoisotopic (exact) mass is 425 g/mol. The Labute approximate surface area is 178 Å². The molecule has 0 saturated carbocycles. The molecule has 8 heteroatoms. The third kappa shape index (κ3) is 3.41. The number of hydrogen-bond acceptors (Lipinski definition) is 5. The number of halogens is 1. The van der Waals surface area contributed by atoms with Crippen LogP contribution in [0.15, 0.2) is 23.0 Å². The Hall–Kier alpha value is -3.42. The van der Waals surface area contributed by atoms with E-state index in [9.17, 15) is 19.1 Å². The van der Waals surface area contributed by atoms with E-state index in [0.717, 1.165) is 17.3 Å². The van der Waals surface area contributed by atoms with Crippen molar-refractivity contribution in [1.29, 1.82) is 0 Å². The molecule has 31 heavy (non-hydrogen) atoms. The standard InChI is InChI=1S/C23H24FN3O4/c1-11-7-12(2)26-22(31-4)17(11)10-25-21(29)18-20(28)16-9-15(24)8-14-6-5-13(3)27(19(14)16)23(18)30/h7-9,13,28H,5-6,10H2,1-4H3,(H,25,29). The molecule has 1 aliphatic rings. The van der Waals surface area contributed by atoms with Gasteiger partial charge in [-0.25, -0.2) is 9.37 Å². The number of rotatable bonds is 4. The first kappa shape index (κ1) is 20.8. The molecule has 1 amide bonds. The van der Waals surface area contributed by atoms with Gasteiger partial charge in [-0.05, 0) is 62.9 Å². The van der Waals surface area contributed by atoms with Crippen LogP contribution in [0.2, 0.25) is 0 Å². The van der Waals surface area contributed by atoms with Gasteiger partial charge in [0.15, 0.2) is 0 Å². The minimum atomic E-state index is -0.737. The second-order valence-corrected chi connectivity index (χ2v) is 8.00. The number of pyridine rings is 2. The van der Waals surface area contributed by atoms with E-state index in [2.05, 4.69) is 10.3 Å². The number of methoxy groups -OCH3 is 1. The van der Waals surface area contributed by atoms with Gasteiger partial charge in [-0.2, -0.15) is 0 Å². The SMILES string of the molecule is COc1nc(C)cc(C)c1CNC(=O)c1c(O)c2cc(F)cc3c2n(c1=O)C(C)CC3. The summed E-state index contributed by atoms with van der Waals surface area (Å²) in [6, 6.07) is 4.23. The van der Waals surface area contributed by atoms with Gasteiger partial charge in [0.05, 0.1) is 12.6 Å². The molecule has 3 heterocycles. The zero-order chi connectivity index (χ0) is 22.4. The van der Waals surface area contributed by atoms with E-state index in [1.165, 1.54) is 17.7 Å². The predicted molar refractivity (Wildman–Crippen MR) is 114 cm³/mol. The molecule has 0 radical (unpaired) electrons. The van der Waals surface area contributed by atoms with Crippen LogP contribution >= 0.6 is 0 Å². The first-order valence-corrected chi connectivity index (χ1v) is 10.1. The van der Waals surface area contributed by atoms with Crippen LogP contribution in [-0.2, 0) is 13.0 Å². The maximum Gasteiger partial charge on any atom is 0.267 e. The summed E-state index contributed by atoms with van der Waals surface area (Å²) in [7, 11) is 1.49. The maximum absolute atomic E-state index is 14.2. The molecule has 0 spiro atoms. The first-order chi connectivity index (χ1) is 14.7. The van der Waals surface area contributed by atoms with Gasteiger partial charge in [0, 0.05) is 29.2 Å². The number of nitrogens with zero attached hydrogens (tertiary/aromatic N) is 2. The van der Waals surface area contributed by atoms with Crippen molar-refractivity contribution in [3.63, 3.8) is 0 Å². The van der Waals surface area contributed by atoms with E-state index in [0.29, 0.717) is 35.4 Å². The highest BCUT2D eigenvalue weighted by molar-refractivity contribution is 6.03. The molecule has 3 aromatic rings. The van der Waals surface area contributed by atoms with Crippen LogP contribution in [0.5, 0.6) is 11.6 Å². The molecule has 7 nitrogen and oxygen atoms in total. The highest BCUT2D eigenvalue weighted by Crippen LogP contribution is 2.35. The molecule has 1 unspecified atom stereocenters. The van der Waals surface area contributed by atoms with Gasteiger partial charge < -0.3 is 19.7 Å². The summed E-state index contributed by atoms with van der Waals surface area (Å²) in [6.45, 7) is 5.64. The van der Waals surface area contributed by atoms with E-state index in [1.807, 2.05) is 26.8 Å². The lowest BCUT2D eigenvalue weighted by atomic mass is 9.95. The number of aromatic hydroxyl groups is 1. The van der Waals surface area contributed by atoms with Crippen LogP contribution in [0.1, 0.15) is 52.1 Å². The second kappa shape index (κ2) is 7.68. The molecule has 0 aliphatic carbocycles. The quantitative estimate of drug-likeness (QED) is 0.669. The number of benzene rings is 1. The van der Waals surface area contributed by atoms with Crippen LogP contribution in [0.25, 0.3) is 10.9 Å². The van der Waals surface area contributed by atoms with Crippen molar-refractivity contribution in [1.82, 2.24) is 14.9 Å². The zero-order valence-corrected chi connectivity index (χ0v) is 17.9. The van der Waals surface area contributed by atoms with Crippen LogP contribution in [0.4, 0.5) is 4.39 Å². The molecular formula is C23H24FN3O4. The molecule has 4 rings (SSSR count). The normalized spacial score (nSPS) is 15.2. The average Bonchev–Trinajstić information content (AvgIpc) is 2.71. The number of carbonyl (C=O) groups is 1. The molecule has 0 bridgehead atoms. The Morgan fingerprint density at radius 3 is 2.81 bits per heavy atom. The summed E-state index contributed by atoms with van der Waals surface area (Å²) in [5, 5.41) is 13.6.